The Hall–Kier alpha value is -2.95. The van der Waals surface area contributed by atoms with Gasteiger partial charge in [0.25, 0.3) is 11.8 Å². The highest BCUT2D eigenvalue weighted by molar-refractivity contribution is 7.13. The fraction of sp³-hybridized carbons (Fsp3) is 0.481. The minimum atomic E-state index is -0.317. The number of hydrogen-bond acceptors (Lipinski definition) is 6. The van der Waals surface area contributed by atoms with Gasteiger partial charge in [-0.3, -0.25) is 14.4 Å². The van der Waals surface area contributed by atoms with Gasteiger partial charge in [0.1, 0.15) is 5.69 Å². The Labute approximate surface area is 230 Å². The van der Waals surface area contributed by atoms with E-state index in [4.69, 9.17) is 11.6 Å². The van der Waals surface area contributed by atoms with Crippen LogP contribution in [0, 0.1) is 5.92 Å². The number of nitrogens with zero attached hydrogens (tertiary/aromatic N) is 3. The second-order valence-corrected chi connectivity index (χ2v) is 12.1. The molecule has 0 unspecified atom stereocenters. The zero-order valence-corrected chi connectivity index (χ0v) is 23.4. The zero-order valence-electron chi connectivity index (χ0n) is 21.8. The predicted octanol–water partition coefficient (Wildman–Crippen LogP) is 3.44. The van der Waals surface area contributed by atoms with Crippen molar-refractivity contribution in [1.29, 1.82) is 0 Å². The summed E-state index contributed by atoms with van der Waals surface area (Å²) in [5, 5.41) is 8.20. The number of amides is 3. The summed E-state index contributed by atoms with van der Waals surface area (Å²) < 4.78 is 0. The highest BCUT2D eigenvalue weighted by atomic mass is 35.5. The number of likely N-dealkylation sites (N-methyl/N-ethyl adjacent to an activating group) is 1. The number of nitrogens with one attached hydrogen (secondary N) is 3. The van der Waals surface area contributed by atoms with E-state index in [1.54, 1.807) is 31.1 Å². The second kappa shape index (κ2) is 11.0. The van der Waals surface area contributed by atoms with Crippen molar-refractivity contribution in [2.24, 2.45) is 5.92 Å². The summed E-state index contributed by atoms with van der Waals surface area (Å²) in [7, 11) is 5.57. The van der Waals surface area contributed by atoms with E-state index in [0.29, 0.717) is 35.0 Å². The molecule has 3 N–H and O–H groups in total. The second-order valence-electron chi connectivity index (χ2n) is 10.6. The van der Waals surface area contributed by atoms with Crippen LogP contribution in [0.3, 0.4) is 0 Å². The summed E-state index contributed by atoms with van der Waals surface area (Å²) in [5.41, 5.74) is 2.27. The molecule has 3 amide bonds. The van der Waals surface area contributed by atoms with Crippen LogP contribution in [-0.4, -0.2) is 77.3 Å². The number of aromatic amines is 1. The van der Waals surface area contributed by atoms with Crippen molar-refractivity contribution < 1.29 is 14.4 Å². The topological polar surface area (TPSA) is 110 Å². The number of aromatic nitrogens is 2. The predicted molar refractivity (Wildman–Crippen MR) is 149 cm³/mol. The molecule has 38 heavy (non-hydrogen) atoms. The van der Waals surface area contributed by atoms with Gasteiger partial charge < -0.3 is 25.4 Å². The Kier molecular flexibility index (Phi) is 7.74. The number of halogens is 1. The first-order chi connectivity index (χ1) is 18.2. The molecule has 0 radical (unpaired) electrons. The summed E-state index contributed by atoms with van der Waals surface area (Å²) in [4.78, 5) is 51.7. The molecule has 1 fully saturated rings. The number of hydrogen-bond donors (Lipinski definition) is 3. The van der Waals surface area contributed by atoms with Gasteiger partial charge in [0.2, 0.25) is 5.91 Å². The third kappa shape index (κ3) is 5.87. The molecule has 2 aliphatic rings. The third-order valence-corrected chi connectivity index (χ3v) is 8.81. The van der Waals surface area contributed by atoms with E-state index in [1.165, 1.54) is 11.3 Å². The molecular weight excluding hydrogens is 524 g/mol. The molecule has 0 bridgehead atoms. The number of thiazole rings is 1. The van der Waals surface area contributed by atoms with Gasteiger partial charge in [0.15, 0.2) is 5.01 Å². The molecule has 0 saturated heterocycles. The SMILES string of the molecule is CN1CCc2nc(C(=O)N[C@@H]3C[C@@H](CC(=O)N(C)C)CC[C@@H]3NC(=O)c3cc4cc(Cl)ccc4[nH]3)sc2C1. The van der Waals surface area contributed by atoms with Crippen molar-refractivity contribution in [2.45, 2.75) is 50.7 Å². The summed E-state index contributed by atoms with van der Waals surface area (Å²) in [6.45, 7) is 1.73. The van der Waals surface area contributed by atoms with Gasteiger partial charge in [0.05, 0.1) is 5.69 Å². The minimum Gasteiger partial charge on any atom is -0.351 e. The minimum absolute atomic E-state index is 0.0658. The van der Waals surface area contributed by atoms with Gasteiger partial charge in [-0.05, 0) is 56.5 Å². The maximum Gasteiger partial charge on any atom is 0.280 e. The van der Waals surface area contributed by atoms with Gasteiger partial charge in [0, 0.05) is 72.9 Å². The molecule has 1 aliphatic carbocycles. The van der Waals surface area contributed by atoms with Crippen LogP contribution in [0.25, 0.3) is 10.9 Å². The quantitative estimate of drug-likeness (QED) is 0.431. The van der Waals surface area contributed by atoms with Crippen molar-refractivity contribution in [3.05, 3.63) is 50.6 Å². The van der Waals surface area contributed by atoms with E-state index in [0.717, 1.165) is 47.4 Å². The molecule has 2 aromatic heterocycles. The van der Waals surface area contributed by atoms with Crippen molar-refractivity contribution in [3.63, 3.8) is 0 Å². The largest absolute Gasteiger partial charge is 0.351 e. The van der Waals surface area contributed by atoms with Crippen LogP contribution >= 0.6 is 22.9 Å². The average Bonchev–Trinajstić information content (AvgIpc) is 3.49. The van der Waals surface area contributed by atoms with Gasteiger partial charge in [-0.1, -0.05) is 11.6 Å². The Balaban J connectivity index is 1.32. The lowest BCUT2D eigenvalue weighted by Crippen LogP contribution is -2.54. The van der Waals surface area contributed by atoms with Gasteiger partial charge >= 0.3 is 0 Å². The number of rotatable bonds is 6. The smallest absolute Gasteiger partial charge is 0.280 e. The van der Waals surface area contributed by atoms with Crippen LogP contribution in [0.15, 0.2) is 24.3 Å². The van der Waals surface area contributed by atoms with Crippen LogP contribution in [0.4, 0.5) is 0 Å². The highest BCUT2D eigenvalue weighted by Crippen LogP contribution is 2.30. The lowest BCUT2D eigenvalue weighted by Gasteiger charge is -2.37. The summed E-state index contributed by atoms with van der Waals surface area (Å²) in [6, 6.07) is 6.62. The average molecular weight is 557 g/mol. The molecule has 202 valence electrons. The molecule has 1 aromatic carbocycles. The van der Waals surface area contributed by atoms with Crippen LogP contribution in [0.2, 0.25) is 5.02 Å². The molecule has 11 heteroatoms. The van der Waals surface area contributed by atoms with E-state index in [2.05, 4.69) is 32.5 Å². The molecule has 9 nitrogen and oxygen atoms in total. The van der Waals surface area contributed by atoms with Crippen molar-refractivity contribution in [1.82, 2.24) is 30.4 Å². The molecular formula is C27H33ClN6O3S. The van der Waals surface area contributed by atoms with Crippen molar-refractivity contribution in [2.75, 3.05) is 27.7 Å². The summed E-state index contributed by atoms with van der Waals surface area (Å²) in [6.07, 6.45) is 3.31. The number of fused-ring (bicyclic) bond motifs is 2. The third-order valence-electron chi connectivity index (χ3n) is 7.50. The summed E-state index contributed by atoms with van der Waals surface area (Å²) in [5.74, 6) is -0.277. The van der Waals surface area contributed by atoms with Crippen molar-refractivity contribution in [3.8, 4) is 0 Å². The molecule has 5 rings (SSSR count). The fourth-order valence-corrected chi connectivity index (χ4v) is 6.60. The van der Waals surface area contributed by atoms with E-state index in [9.17, 15) is 14.4 Å². The van der Waals surface area contributed by atoms with E-state index in [1.807, 2.05) is 12.1 Å². The number of benzene rings is 1. The molecule has 1 aliphatic heterocycles. The Morgan fingerprint density at radius 2 is 1.95 bits per heavy atom. The standard InChI is InChI=1S/C27H33ClN6O3S/c1-33(2)24(35)11-15-4-6-19(30-25(36)22-13-16-12-17(28)5-7-18(16)29-22)21(10-15)31-26(37)27-32-20-8-9-34(3)14-23(20)38-27/h5,7,12-13,15,19,21,29H,4,6,8-11,14H2,1-3H3,(H,30,36)(H,31,37)/t15-,19-,21+/m0/s1. The normalized spacial score (nSPS) is 21.6. The highest BCUT2D eigenvalue weighted by Gasteiger charge is 2.35. The lowest BCUT2D eigenvalue weighted by atomic mass is 9.80. The molecule has 1 saturated carbocycles. The summed E-state index contributed by atoms with van der Waals surface area (Å²) >= 11 is 7.54. The van der Waals surface area contributed by atoms with Crippen LogP contribution in [0.5, 0.6) is 0 Å². The zero-order chi connectivity index (χ0) is 27.0. The fourth-order valence-electron chi connectivity index (χ4n) is 5.33. The van der Waals surface area contributed by atoms with Crippen LogP contribution < -0.4 is 10.6 Å². The van der Waals surface area contributed by atoms with Crippen molar-refractivity contribution >= 4 is 51.6 Å². The number of carbonyl (C=O) groups is 3. The molecule has 0 spiro atoms. The Morgan fingerprint density at radius 1 is 1.16 bits per heavy atom. The van der Waals surface area contributed by atoms with Crippen LogP contribution in [0.1, 0.15) is 56.5 Å². The maximum absolute atomic E-state index is 13.3. The van der Waals surface area contributed by atoms with E-state index in [-0.39, 0.29) is 35.7 Å². The number of carbonyl (C=O) groups excluding carboxylic acids is 3. The Morgan fingerprint density at radius 3 is 2.74 bits per heavy atom. The van der Waals surface area contributed by atoms with Gasteiger partial charge in [-0.15, -0.1) is 11.3 Å². The number of H-pyrrole nitrogens is 1. The molecule has 3 atom stereocenters. The first-order valence-corrected chi connectivity index (χ1v) is 14.1. The van der Waals surface area contributed by atoms with Gasteiger partial charge in [-0.25, -0.2) is 4.98 Å². The van der Waals surface area contributed by atoms with E-state index < -0.39 is 0 Å². The first kappa shape index (κ1) is 26.6. The van der Waals surface area contributed by atoms with Gasteiger partial charge in [-0.2, -0.15) is 0 Å². The maximum atomic E-state index is 13.3. The lowest BCUT2D eigenvalue weighted by molar-refractivity contribution is -0.130. The molecule has 3 heterocycles. The first-order valence-electron chi connectivity index (χ1n) is 12.9. The van der Waals surface area contributed by atoms with Crippen LogP contribution in [-0.2, 0) is 17.8 Å². The monoisotopic (exact) mass is 556 g/mol. The van der Waals surface area contributed by atoms with E-state index >= 15 is 0 Å². The molecule has 3 aromatic rings. The Bertz CT molecular complexity index is 1370.